The van der Waals surface area contributed by atoms with Gasteiger partial charge in [-0.2, -0.15) is 0 Å². The maximum absolute atomic E-state index is 13.0. The van der Waals surface area contributed by atoms with Gasteiger partial charge in [-0.05, 0) is 37.3 Å². The van der Waals surface area contributed by atoms with Gasteiger partial charge in [-0.15, -0.1) is 0 Å². The summed E-state index contributed by atoms with van der Waals surface area (Å²) >= 11 is 0. The van der Waals surface area contributed by atoms with Crippen LogP contribution in [0.25, 0.3) is 0 Å². The number of furan rings is 1. The number of anilines is 1. The fourth-order valence-corrected chi connectivity index (χ4v) is 1.82. The van der Waals surface area contributed by atoms with E-state index in [9.17, 15) is 14.0 Å². The number of rotatable bonds is 4. The van der Waals surface area contributed by atoms with Gasteiger partial charge in [-0.1, -0.05) is 6.07 Å². The van der Waals surface area contributed by atoms with Gasteiger partial charge in [-0.3, -0.25) is 9.59 Å². The number of hydrogen-bond acceptors (Lipinski definition) is 3. The second-order valence-electron chi connectivity index (χ2n) is 4.62. The van der Waals surface area contributed by atoms with E-state index in [4.69, 9.17) is 4.42 Å². The van der Waals surface area contributed by atoms with Gasteiger partial charge >= 0.3 is 11.8 Å². The van der Waals surface area contributed by atoms with Gasteiger partial charge in [0.1, 0.15) is 11.6 Å². The summed E-state index contributed by atoms with van der Waals surface area (Å²) in [6, 6.07) is 8.61. The Morgan fingerprint density at radius 3 is 2.71 bits per heavy atom. The van der Waals surface area contributed by atoms with E-state index in [-0.39, 0.29) is 11.7 Å². The molecule has 2 amide bonds. The van der Waals surface area contributed by atoms with Crippen molar-refractivity contribution in [1.29, 1.82) is 0 Å². The van der Waals surface area contributed by atoms with Crippen LogP contribution in [0.5, 0.6) is 0 Å². The molecule has 1 heterocycles. The zero-order valence-electron chi connectivity index (χ0n) is 11.4. The summed E-state index contributed by atoms with van der Waals surface area (Å²) in [6.07, 6.45) is 2.02. The van der Waals surface area contributed by atoms with Crippen molar-refractivity contribution in [2.45, 2.75) is 19.4 Å². The summed E-state index contributed by atoms with van der Waals surface area (Å²) in [5, 5.41) is 4.88. The van der Waals surface area contributed by atoms with Crippen molar-refractivity contribution in [3.63, 3.8) is 0 Å². The molecule has 1 atom stereocenters. The molecule has 0 bridgehead atoms. The molecule has 5 nitrogen and oxygen atoms in total. The predicted molar refractivity (Wildman–Crippen MR) is 75.0 cm³/mol. The van der Waals surface area contributed by atoms with E-state index in [1.807, 2.05) is 0 Å². The van der Waals surface area contributed by atoms with E-state index in [1.165, 1.54) is 18.2 Å². The molecule has 1 unspecified atom stereocenters. The Bertz CT molecular complexity index is 626. The molecule has 21 heavy (non-hydrogen) atoms. The van der Waals surface area contributed by atoms with Crippen molar-refractivity contribution in [2.75, 3.05) is 5.32 Å². The monoisotopic (exact) mass is 290 g/mol. The number of carbonyl (C=O) groups is 2. The minimum Gasteiger partial charge on any atom is -0.469 e. The molecule has 0 aliphatic rings. The van der Waals surface area contributed by atoms with Crippen LogP contribution in [0.15, 0.2) is 47.1 Å². The normalized spacial score (nSPS) is 11.7. The van der Waals surface area contributed by atoms with Gasteiger partial charge in [0, 0.05) is 18.2 Å². The number of amides is 2. The molecular weight excluding hydrogens is 275 g/mol. The van der Waals surface area contributed by atoms with E-state index in [1.54, 1.807) is 25.3 Å². The molecule has 0 spiro atoms. The molecule has 0 aliphatic heterocycles. The van der Waals surface area contributed by atoms with Crippen LogP contribution in [0.4, 0.5) is 10.1 Å². The van der Waals surface area contributed by atoms with Gasteiger partial charge < -0.3 is 15.1 Å². The molecule has 1 aromatic heterocycles. The van der Waals surface area contributed by atoms with E-state index in [0.29, 0.717) is 12.2 Å². The standard InChI is InChI=1S/C15H15FN2O3/c1-10(8-13-6-3-7-21-13)17-14(19)15(20)18-12-5-2-4-11(16)9-12/h2-7,9-10H,8H2,1H3,(H,17,19)(H,18,20). The first-order valence-electron chi connectivity index (χ1n) is 6.44. The molecular formula is C15H15FN2O3. The maximum Gasteiger partial charge on any atom is 0.313 e. The number of nitrogens with one attached hydrogen (secondary N) is 2. The first-order valence-corrected chi connectivity index (χ1v) is 6.44. The molecule has 0 fully saturated rings. The topological polar surface area (TPSA) is 71.3 Å². The summed E-state index contributed by atoms with van der Waals surface area (Å²) < 4.78 is 18.1. The summed E-state index contributed by atoms with van der Waals surface area (Å²) in [6.45, 7) is 1.76. The summed E-state index contributed by atoms with van der Waals surface area (Å²) in [5.41, 5.74) is 0.230. The molecule has 2 N–H and O–H groups in total. The van der Waals surface area contributed by atoms with Gasteiger partial charge in [0.15, 0.2) is 0 Å². The lowest BCUT2D eigenvalue weighted by atomic mass is 10.2. The molecule has 6 heteroatoms. The lowest BCUT2D eigenvalue weighted by Gasteiger charge is -2.12. The Kier molecular flexibility index (Phi) is 4.71. The third kappa shape index (κ3) is 4.45. The third-order valence-electron chi connectivity index (χ3n) is 2.75. The molecule has 0 saturated heterocycles. The smallest absolute Gasteiger partial charge is 0.313 e. The maximum atomic E-state index is 13.0. The van der Waals surface area contributed by atoms with E-state index >= 15 is 0 Å². The van der Waals surface area contributed by atoms with E-state index < -0.39 is 17.6 Å². The van der Waals surface area contributed by atoms with Crippen molar-refractivity contribution in [3.8, 4) is 0 Å². The number of hydrogen-bond donors (Lipinski definition) is 2. The Morgan fingerprint density at radius 1 is 1.24 bits per heavy atom. The van der Waals surface area contributed by atoms with Crippen molar-refractivity contribution < 1.29 is 18.4 Å². The average Bonchev–Trinajstić information content (AvgIpc) is 2.91. The second kappa shape index (κ2) is 6.69. The highest BCUT2D eigenvalue weighted by atomic mass is 19.1. The minimum absolute atomic E-state index is 0.230. The quantitative estimate of drug-likeness (QED) is 0.847. The fraction of sp³-hybridized carbons (Fsp3) is 0.200. The molecule has 0 radical (unpaired) electrons. The van der Waals surface area contributed by atoms with Gasteiger partial charge in [0.05, 0.1) is 6.26 Å². The first-order chi connectivity index (χ1) is 10.0. The van der Waals surface area contributed by atoms with Crippen molar-refractivity contribution >= 4 is 17.5 Å². The molecule has 110 valence electrons. The van der Waals surface area contributed by atoms with Crippen LogP contribution in [0.1, 0.15) is 12.7 Å². The highest BCUT2D eigenvalue weighted by Gasteiger charge is 2.17. The third-order valence-corrected chi connectivity index (χ3v) is 2.75. The van der Waals surface area contributed by atoms with Crippen molar-refractivity contribution in [3.05, 3.63) is 54.2 Å². The van der Waals surface area contributed by atoms with Gasteiger partial charge in [-0.25, -0.2) is 4.39 Å². The molecule has 0 saturated carbocycles. The van der Waals surface area contributed by atoms with Crippen LogP contribution in [0, 0.1) is 5.82 Å². The highest BCUT2D eigenvalue weighted by molar-refractivity contribution is 6.39. The van der Waals surface area contributed by atoms with E-state index in [2.05, 4.69) is 10.6 Å². The molecule has 1 aromatic carbocycles. The van der Waals surface area contributed by atoms with Crippen molar-refractivity contribution in [1.82, 2.24) is 5.32 Å². The largest absolute Gasteiger partial charge is 0.469 e. The van der Waals surface area contributed by atoms with Crippen LogP contribution >= 0.6 is 0 Å². The Balaban J connectivity index is 1.86. The fourth-order valence-electron chi connectivity index (χ4n) is 1.82. The lowest BCUT2D eigenvalue weighted by Crippen LogP contribution is -2.41. The van der Waals surface area contributed by atoms with Gasteiger partial charge in [0.25, 0.3) is 0 Å². The van der Waals surface area contributed by atoms with E-state index in [0.717, 1.165) is 6.07 Å². The van der Waals surface area contributed by atoms with Crippen LogP contribution in [0.3, 0.4) is 0 Å². The Morgan fingerprint density at radius 2 is 2.05 bits per heavy atom. The zero-order valence-corrected chi connectivity index (χ0v) is 11.4. The van der Waals surface area contributed by atoms with Crippen LogP contribution in [0.2, 0.25) is 0 Å². The van der Waals surface area contributed by atoms with Crippen molar-refractivity contribution in [2.24, 2.45) is 0 Å². The van der Waals surface area contributed by atoms with Crippen LogP contribution in [-0.2, 0) is 16.0 Å². The highest BCUT2D eigenvalue weighted by Crippen LogP contribution is 2.09. The lowest BCUT2D eigenvalue weighted by molar-refractivity contribution is -0.136. The predicted octanol–water partition coefficient (Wildman–Crippen LogP) is 2.10. The number of carbonyl (C=O) groups excluding carboxylic acids is 2. The minimum atomic E-state index is -0.841. The number of halogens is 1. The SMILES string of the molecule is CC(Cc1ccco1)NC(=O)C(=O)Nc1cccc(F)c1. The van der Waals surface area contributed by atoms with Gasteiger partial charge in [0.2, 0.25) is 0 Å². The van der Waals surface area contributed by atoms with Crippen LogP contribution in [-0.4, -0.2) is 17.9 Å². The van der Waals surface area contributed by atoms with Crippen LogP contribution < -0.4 is 10.6 Å². The first kappa shape index (κ1) is 14.8. The molecule has 2 rings (SSSR count). The molecule has 2 aromatic rings. The second-order valence-corrected chi connectivity index (χ2v) is 4.62. The Hall–Kier alpha value is -2.63. The summed E-state index contributed by atoms with van der Waals surface area (Å²) in [5.74, 6) is -1.39. The summed E-state index contributed by atoms with van der Waals surface area (Å²) in [4.78, 5) is 23.4. The summed E-state index contributed by atoms with van der Waals surface area (Å²) in [7, 11) is 0. The molecule has 0 aliphatic carbocycles. The zero-order chi connectivity index (χ0) is 15.2. The number of benzene rings is 1. The Labute approximate surface area is 121 Å². The average molecular weight is 290 g/mol.